The third-order valence-electron chi connectivity index (χ3n) is 3.24. The van der Waals surface area contributed by atoms with E-state index in [4.69, 9.17) is 17.0 Å². The van der Waals surface area contributed by atoms with Gasteiger partial charge >= 0.3 is 0 Å². The molecule has 2 N–H and O–H groups in total. The van der Waals surface area contributed by atoms with Gasteiger partial charge in [0.2, 0.25) is 0 Å². The zero-order valence-corrected chi connectivity index (χ0v) is 14.0. The van der Waals surface area contributed by atoms with Crippen LogP contribution in [0.2, 0.25) is 0 Å². The number of aryl methyl sites for hydroxylation is 2. The molecule has 0 fully saturated rings. The SMILES string of the molecule is Cc1cccc(NC(=S)NC(C)COc2ccccc2C)c1. The van der Waals surface area contributed by atoms with E-state index in [1.807, 2.05) is 50.2 Å². The van der Waals surface area contributed by atoms with Crippen LogP contribution in [0.3, 0.4) is 0 Å². The summed E-state index contributed by atoms with van der Waals surface area (Å²) in [5.41, 5.74) is 3.32. The molecule has 0 aliphatic carbocycles. The number of thiocarbonyl (C=S) groups is 1. The van der Waals surface area contributed by atoms with Crippen molar-refractivity contribution in [2.24, 2.45) is 0 Å². The number of para-hydroxylation sites is 1. The molecule has 0 radical (unpaired) electrons. The molecule has 0 aliphatic rings. The highest BCUT2D eigenvalue weighted by Gasteiger charge is 2.06. The molecule has 0 saturated carbocycles. The predicted molar refractivity (Wildman–Crippen MR) is 96.7 cm³/mol. The summed E-state index contributed by atoms with van der Waals surface area (Å²) in [5.74, 6) is 0.911. The Morgan fingerprint density at radius 3 is 2.64 bits per heavy atom. The van der Waals surface area contributed by atoms with E-state index >= 15 is 0 Å². The Bertz CT molecular complexity index is 642. The second kappa shape index (κ2) is 7.80. The van der Waals surface area contributed by atoms with Crippen LogP contribution in [0.5, 0.6) is 5.75 Å². The van der Waals surface area contributed by atoms with Crippen LogP contribution in [0.4, 0.5) is 5.69 Å². The van der Waals surface area contributed by atoms with Crippen LogP contribution in [-0.4, -0.2) is 17.8 Å². The molecule has 0 bridgehead atoms. The minimum Gasteiger partial charge on any atom is -0.491 e. The van der Waals surface area contributed by atoms with Crippen LogP contribution >= 0.6 is 12.2 Å². The van der Waals surface area contributed by atoms with E-state index in [1.54, 1.807) is 0 Å². The number of nitrogens with one attached hydrogen (secondary N) is 2. The Hall–Kier alpha value is -2.07. The highest BCUT2D eigenvalue weighted by molar-refractivity contribution is 7.80. The van der Waals surface area contributed by atoms with Gasteiger partial charge in [-0.1, -0.05) is 30.3 Å². The van der Waals surface area contributed by atoms with E-state index in [1.165, 1.54) is 5.56 Å². The van der Waals surface area contributed by atoms with Gasteiger partial charge in [-0.3, -0.25) is 0 Å². The fourth-order valence-corrected chi connectivity index (χ4v) is 2.41. The molecule has 4 heteroatoms. The lowest BCUT2D eigenvalue weighted by Crippen LogP contribution is -2.39. The molecule has 22 heavy (non-hydrogen) atoms. The van der Waals surface area contributed by atoms with Crippen molar-refractivity contribution in [1.82, 2.24) is 5.32 Å². The normalized spacial score (nSPS) is 11.6. The second-order valence-electron chi connectivity index (χ2n) is 5.45. The van der Waals surface area contributed by atoms with Gasteiger partial charge in [-0.25, -0.2) is 0 Å². The van der Waals surface area contributed by atoms with Gasteiger partial charge in [0.05, 0.1) is 6.04 Å². The van der Waals surface area contributed by atoms with E-state index < -0.39 is 0 Å². The zero-order chi connectivity index (χ0) is 15.9. The number of hydrogen-bond acceptors (Lipinski definition) is 2. The number of ether oxygens (including phenoxy) is 1. The van der Waals surface area contributed by atoms with Gasteiger partial charge in [0.15, 0.2) is 5.11 Å². The topological polar surface area (TPSA) is 33.3 Å². The quantitative estimate of drug-likeness (QED) is 0.816. The molecular formula is C18H22N2OS. The molecule has 2 rings (SSSR count). The van der Waals surface area contributed by atoms with Gasteiger partial charge < -0.3 is 15.4 Å². The first-order valence-electron chi connectivity index (χ1n) is 7.37. The highest BCUT2D eigenvalue weighted by Crippen LogP contribution is 2.16. The average molecular weight is 314 g/mol. The summed E-state index contributed by atoms with van der Waals surface area (Å²) in [6, 6.07) is 16.2. The molecule has 3 nitrogen and oxygen atoms in total. The standard InChI is InChI=1S/C18H22N2OS/c1-13-7-6-9-16(11-13)20-18(22)19-15(3)12-21-17-10-5-4-8-14(17)2/h4-11,15H,12H2,1-3H3,(H2,19,20,22). The third kappa shape index (κ3) is 5.04. The highest BCUT2D eigenvalue weighted by atomic mass is 32.1. The molecule has 116 valence electrons. The van der Waals surface area contributed by atoms with E-state index in [0.717, 1.165) is 17.0 Å². The Kier molecular flexibility index (Phi) is 5.78. The summed E-state index contributed by atoms with van der Waals surface area (Å²) in [7, 11) is 0. The third-order valence-corrected chi connectivity index (χ3v) is 3.46. The van der Waals surface area contributed by atoms with Crippen molar-refractivity contribution in [1.29, 1.82) is 0 Å². The van der Waals surface area contributed by atoms with Gasteiger partial charge in [-0.15, -0.1) is 0 Å². The first-order chi connectivity index (χ1) is 10.5. The maximum atomic E-state index is 5.82. The fourth-order valence-electron chi connectivity index (χ4n) is 2.09. The van der Waals surface area contributed by atoms with E-state index in [0.29, 0.717) is 11.7 Å². The van der Waals surface area contributed by atoms with Crippen LogP contribution in [0, 0.1) is 13.8 Å². The summed E-state index contributed by atoms with van der Waals surface area (Å²) in [5, 5.41) is 7.02. The monoisotopic (exact) mass is 314 g/mol. The molecule has 0 saturated heterocycles. The van der Waals surface area contributed by atoms with Gasteiger partial charge in [-0.05, 0) is 62.3 Å². The largest absolute Gasteiger partial charge is 0.491 e. The minimum atomic E-state index is 0.115. The maximum absolute atomic E-state index is 5.82. The molecule has 1 atom stereocenters. The van der Waals surface area contributed by atoms with Gasteiger partial charge in [0, 0.05) is 5.69 Å². The molecule has 1 unspecified atom stereocenters. The summed E-state index contributed by atoms with van der Waals surface area (Å²) < 4.78 is 5.82. The van der Waals surface area contributed by atoms with Crippen molar-refractivity contribution in [3.8, 4) is 5.75 Å². The molecule has 0 aliphatic heterocycles. The predicted octanol–water partition coefficient (Wildman–Crippen LogP) is 4.06. The number of anilines is 1. The van der Waals surface area contributed by atoms with Gasteiger partial charge in [0.25, 0.3) is 0 Å². The average Bonchev–Trinajstić information content (AvgIpc) is 2.46. The minimum absolute atomic E-state index is 0.115. The Morgan fingerprint density at radius 1 is 1.14 bits per heavy atom. The summed E-state index contributed by atoms with van der Waals surface area (Å²) in [6.45, 7) is 6.70. The molecule has 0 amide bonds. The van der Waals surface area contributed by atoms with Crippen molar-refractivity contribution < 1.29 is 4.74 Å². The maximum Gasteiger partial charge on any atom is 0.171 e. The summed E-state index contributed by atoms with van der Waals surface area (Å²) in [6.07, 6.45) is 0. The molecule has 0 aromatic heterocycles. The van der Waals surface area contributed by atoms with Crippen LogP contribution in [0.25, 0.3) is 0 Å². The fraction of sp³-hybridized carbons (Fsp3) is 0.278. The Morgan fingerprint density at radius 2 is 1.91 bits per heavy atom. The second-order valence-corrected chi connectivity index (χ2v) is 5.85. The van der Waals surface area contributed by atoms with Crippen molar-refractivity contribution in [2.75, 3.05) is 11.9 Å². The van der Waals surface area contributed by atoms with E-state index in [9.17, 15) is 0 Å². The molecule has 0 spiro atoms. The van der Waals surface area contributed by atoms with Crippen molar-refractivity contribution in [3.05, 3.63) is 59.7 Å². The van der Waals surface area contributed by atoms with Crippen LogP contribution < -0.4 is 15.4 Å². The number of rotatable bonds is 5. The van der Waals surface area contributed by atoms with E-state index in [-0.39, 0.29) is 6.04 Å². The van der Waals surface area contributed by atoms with Crippen LogP contribution in [-0.2, 0) is 0 Å². The molecule has 2 aromatic carbocycles. The van der Waals surface area contributed by atoms with Crippen molar-refractivity contribution in [3.63, 3.8) is 0 Å². The molecule has 2 aromatic rings. The van der Waals surface area contributed by atoms with Crippen molar-refractivity contribution >= 4 is 23.0 Å². The number of hydrogen-bond donors (Lipinski definition) is 2. The van der Waals surface area contributed by atoms with Gasteiger partial charge in [0.1, 0.15) is 12.4 Å². The van der Waals surface area contributed by atoms with Gasteiger partial charge in [-0.2, -0.15) is 0 Å². The first kappa shape index (κ1) is 16.3. The Balaban J connectivity index is 1.80. The van der Waals surface area contributed by atoms with Crippen molar-refractivity contribution in [2.45, 2.75) is 26.8 Å². The Labute approximate surface area is 137 Å². The first-order valence-corrected chi connectivity index (χ1v) is 7.78. The van der Waals surface area contributed by atoms with Crippen LogP contribution in [0.15, 0.2) is 48.5 Å². The lowest BCUT2D eigenvalue weighted by molar-refractivity contribution is 0.285. The summed E-state index contributed by atoms with van der Waals surface area (Å²) in [4.78, 5) is 0. The lowest BCUT2D eigenvalue weighted by atomic mass is 10.2. The smallest absolute Gasteiger partial charge is 0.171 e. The van der Waals surface area contributed by atoms with E-state index in [2.05, 4.69) is 29.7 Å². The van der Waals surface area contributed by atoms with Crippen LogP contribution in [0.1, 0.15) is 18.1 Å². The molecule has 0 heterocycles. The number of benzene rings is 2. The molecular weight excluding hydrogens is 292 g/mol. The zero-order valence-electron chi connectivity index (χ0n) is 13.2. The lowest BCUT2D eigenvalue weighted by Gasteiger charge is -2.18. The summed E-state index contributed by atoms with van der Waals surface area (Å²) >= 11 is 5.33.